The van der Waals surface area contributed by atoms with Gasteiger partial charge in [-0.25, -0.2) is 8.78 Å². The minimum Gasteiger partial charge on any atom is -0.481 e. The fourth-order valence-electron chi connectivity index (χ4n) is 5.15. The average molecular weight is 732 g/mol. The van der Waals surface area contributed by atoms with E-state index < -0.39 is 95.0 Å². The Labute approximate surface area is 293 Å². The van der Waals surface area contributed by atoms with E-state index in [1.54, 1.807) is 48.5 Å². The number of hydrogen-bond donors (Lipinski definition) is 4. The van der Waals surface area contributed by atoms with E-state index in [0.29, 0.717) is 17.9 Å². The third-order valence-electron chi connectivity index (χ3n) is 8.15. The SMILES string of the molecule is COC(=O)CCC(NC(=O)C1(C(=O)NC(CC(=O)O)C(=O)COc2c(F)c(F)cc(F)c2F)CCC1)C(=O)Nc1cccc(Oc2ccccc2)c1. The number of ether oxygens (including phenoxy) is 3. The van der Waals surface area contributed by atoms with Crippen molar-refractivity contribution in [2.75, 3.05) is 19.0 Å². The van der Waals surface area contributed by atoms with Gasteiger partial charge < -0.3 is 35.3 Å². The highest BCUT2D eigenvalue weighted by atomic mass is 19.2. The number of carboxylic acid groups (broad SMARTS) is 1. The van der Waals surface area contributed by atoms with Crippen LogP contribution in [-0.4, -0.2) is 66.4 Å². The van der Waals surface area contributed by atoms with E-state index >= 15 is 0 Å². The molecule has 2 unspecified atom stereocenters. The summed E-state index contributed by atoms with van der Waals surface area (Å²) >= 11 is 0. The molecule has 0 aromatic heterocycles. The third kappa shape index (κ3) is 9.61. The fourth-order valence-corrected chi connectivity index (χ4v) is 5.15. The second-order valence-corrected chi connectivity index (χ2v) is 11.7. The van der Waals surface area contributed by atoms with Gasteiger partial charge in [0.05, 0.1) is 13.5 Å². The van der Waals surface area contributed by atoms with Gasteiger partial charge in [-0.05, 0) is 43.5 Å². The number of anilines is 1. The molecule has 4 N–H and O–H groups in total. The zero-order valence-electron chi connectivity index (χ0n) is 27.5. The van der Waals surface area contributed by atoms with Crippen LogP contribution < -0.4 is 25.4 Å². The first kappa shape index (κ1) is 38.8. The van der Waals surface area contributed by atoms with Crippen molar-refractivity contribution in [1.29, 1.82) is 0 Å². The van der Waals surface area contributed by atoms with Gasteiger partial charge in [0.15, 0.2) is 23.2 Å². The number of para-hydroxylation sites is 1. The molecular weight excluding hydrogens is 698 g/mol. The lowest BCUT2D eigenvalue weighted by atomic mass is 9.67. The molecule has 276 valence electrons. The molecule has 4 rings (SSSR count). The Hall–Kier alpha value is -6.00. The van der Waals surface area contributed by atoms with E-state index in [0.717, 1.165) is 7.11 Å². The molecule has 1 aliphatic rings. The number of carbonyl (C=O) groups is 6. The Morgan fingerprint density at radius 2 is 1.44 bits per heavy atom. The van der Waals surface area contributed by atoms with Crippen LogP contribution >= 0.6 is 0 Å². The van der Waals surface area contributed by atoms with Gasteiger partial charge in [0, 0.05) is 24.2 Å². The number of aliphatic carboxylic acids is 1. The van der Waals surface area contributed by atoms with E-state index in [1.807, 2.05) is 0 Å². The summed E-state index contributed by atoms with van der Waals surface area (Å²) in [6, 6.07) is 11.7. The predicted molar refractivity (Wildman–Crippen MR) is 172 cm³/mol. The molecular formula is C35H33F4N3O10. The van der Waals surface area contributed by atoms with E-state index in [2.05, 4.69) is 25.4 Å². The van der Waals surface area contributed by atoms with Crippen molar-refractivity contribution in [2.45, 2.75) is 50.6 Å². The summed E-state index contributed by atoms with van der Waals surface area (Å²) in [6.45, 7) is -1.32. The van der Waals surface area contributed by atoms with E-state index in [-0.39, 0.29) is 37.4 Å². The summed E-state index contributed by atoms with van der Waals surface area (Å²) in [5, 5.41) is 16.6. The molecule has 2 atom stereocenters. The molecule has 3 aromatic rings. The Morgan fingerprint density at radius 1 is 0.827 bits per heavy atom. The number of Topliss-reactive ketones (excluding diaryl/α,β-unsaturated/α-hetero) is 1. The number of carboxylic acids is 1. The van der Waals surface area contributed by atoms with Crippen LogP contribution in [0.25, 0.3) is 0 Å². The summed E-state index contributed by atoms with van der Waals surface area (Å²) in [6.07, 6.45) is -1.45. The molecule has 3 aromatic carbocycles. The Bertz CT molecular complexity index is 1810. The van der Waals surface area contributed by atoms with Crippen LogP contribution in [0.3, 0.4) is 0 Å². The maximum Gasteiger partial charge on any atom is 0.305 e. The van der Waals surface area contributed by atoms with E-state index in [1.165, 1.54) is 6.07 Å². The number of amides is 3. The summed E-state index contributed by atoms with van der Waals surface area (Å²) in [7, 11) is 1.13. The molecule has 0 spiro atoms. The fraction of sp³-hybridized carbons (Fsp3) is 0.314. The molecule has 0 heterocycles. The van der Waals surface area contributed by atoms with E-state index in [4.69, 9.17) is 4.74 Å². The van der Waals surface area contributed by atoms with Crippen molar-refractivity contribution >= 4 is 41.1 Å². The molecule has 0 bridgehead atoms. The van der Waals surface area contributed by atoms with Gasteiger partial charge in [-0.1, -0.05) is 30.7 Å². The number of halogens is 4. The number of rotatable bonds is 17. The first-order valence-corrected chi connectivity index (χ1v) is 15.8. The lowest BCUT2D eigenvalue weighted by molar-refractivity contribution is -0.153. The summed E-state index contributed by atoms with van der Waals surface area (Å²) in [4.78, 5) is 77.0. The van der Waals surface area contributed by atoms with Gasteiger partial charge in [0.1, 0.15) is 35.6 Å². The first-order valence-electron chi connectivity index (χ1n) is 15.8. The van der Waals surface area contributed by atoms with E-state index in [9.17, 15) is 51.4 Å². The van der Waals surface area contributed by atoms with Gasteiger partial charge in [0.2, 0.25) is 29.4 Å². The predicted octanol–water partition coefficient (Wildman–Crippen LogP) is 4.19. The maximum absolute atomic E-state index is 14.0. The number of hydrogen-bond acceptors (Lipinski definition) is 9. The molecule has 1 saturated carbocycles. The van der Waals surface area contributed by atoms with Crippen LogP contribution in [0.1, 0.15) is 38.5 Å². The minimum atomic E-state index is -1.95. The monoisotopic (exact) mass is 731 g/mol. The van der Waals surface area contributed by atoms with Crippen molar-refractivity contribution in [3.05, 3.63) is 83.9 Å². The number of esters is 1. The largest absolute Gasteiger partial charge is 0.481 e. The number of benzene rings is 3. The quantitative estimate of drug-likeness (QED) is 0.0679. The highest BCUT2D eigenvalue weighted by Gasteiger charge is 2.52. The third-order valence-corrected chi connectivity index (χ3v) is 8.15. The van der Waals surface area contributed by atoms with Gasteiger partial charge in [-0.2, -0.15) is 8.78 Å². The van der Waals surface area contributed by atoms with Crippen LogP contribution in [0.2, 0.25) is 0 Å². The zero-order chi connectivity index (χ0) is 38.0. The van der Waals surface area contributed by atoms with Crippen molar-refractivity contribution in [3.8, 4) is 17.2 Å². The molecule has 0 radical (unpaired) electrons. The minimum absolute atomic E-state index is 0.0842. The lowest BCUT2D eigenvalue weighted by Crippen LogP contribution is -2.60. The second-order valence-electron chi connectivity index (χ2n) is 11.7. The average Bonchev–Trinajstić information content (AvgIpc) is 3.08. The van der Waals surface area contributed by atoms with Gasteiger partial charge >= 0.3 is 11.9 Å². The number of ketones is 1. The van der Waals surface area contributed by atoms with Gasteiger partial charge in [-0.15, -0.1) is 0 Å². The standard InChI is InChI=1S/C35H33F4N3O10/c1-50-28(46)12-11-24(32(47)40-19-7-5-10-21(15-19)52-20-8-3-2-4-9-20)41-33(48)35(13-6-14-35)34(49)42-25(17-27(44)45)26(43)18-51-31-29(38)22(36)16-23(37)30(31)39/h2-5,7-10,15-16,24-25H,6,11-14,17-18H2,1H3,(H,40,47)(H,41,48)(H,42,49)(H,44,45). The highest BCUT2D eigenvalue weighted by molar-refractivity contribution is 6.09. The number of carbonyl (C=O) groups excluding carboxylic acids is 5. The molecule has 0 aliphatic heterocycles. The highest BCUT2D eigenvalue weighted by Crippen LogP contribution is 2.42. The van der Waals surface area contributed by atoms with Gasteiger partial charge in [-0.3, -0.25) is 28.8 Å². The number of methoxy groups -OCH3 is 1. The molecule has 1 fully saturated rings. The molecule has 52 heavy (non-hydrogen) atoms. The van der Waals surface area contributed by atoms with Crippen LogP contribution in [-0.2, 0) is 33.5 Å². The molecule has 1 aliphatic carbocycles. The van der Waals surface area contributed by atoms with Gasteiger partial charge in [0.25, 0.3) is 0 Å². The lowest BCUT2D eigenvalue weighted by Gasteiger charge is -2.40. The molecule has 13 nitrogen and oxygen atoms in total. The Balaban J connectivity index is 1.48. The molecule has 0 saturated heterocycles. The smallest absolute Gasteiger partial charge is 0.305 e. The molecule has 17 heteroatoms. The first-order chi connectivity index (χ1) is 24.7. The Kier molecular flexibility index (Phi) is 12.9. The maximum atomic E-state index is 14.0. The second kappa shape index (κ2) is 17.3. The topological polar surface area (TPSA) is 186 Å². The van der Waals surface area contributed by atoms with Crippen LogP contribution in [0.5, 0.6) is 17.2 Å². The van der Waals surface area contributed by atoms with Crippen molar-refractivity contribution in [2.24, 2.45) is 5.41 Å². The zero-order valence-corrected chi connectivity index (χ0v) is 27.5. The van der Waals surface area contributed by atoms with Crippen molar-refractivity contribution < 1.29 is 65.6 Å². The van der Waals surface area contributed by atoms with Crippen LogP contribution in [0.15, 0.2) is 60.7 Å². The summed E-state index contributed by atoms with van der Waals surface area (Å²) < 4.78 is 70.3. The summed E-state index contributed by atoms with van der Waals surface area (Å²) in [5.74, 6) is -14.6. The Morgan fingerprint density at radius 3 is 2.02 bits per heavy atom. The van der Waals surface area contributed by atoms with Crippen molar-refractivity contribution in [3.63, 3.8) is 0 Å². The molecule has 3 amide bonds. The number of nitrogens with one attached hydrogen (secondary N) is 3. The van der Waals surface area contributed by atoms with Crippen LogP contribution in [0.4, 0.5) is 23.2 Å². The summed E-state index contributed by atoms with van der Waals surface area (Å²) in [5.41, 5.74) is -1.63. The normalized spacial score (nSPS) is 14.1. The van der Waals surface area contributed by atoms with Crippen LogP contribution in [0, 0.1) is 28.7 Å². The van der Waals surface area contributed by atoms with Crippen molar-refractivity contribution in [1.82, 2.24) is 10.6 Å².